The van der Waals surface area contributed by atoms with Crippen molar-refractivity contribution in [2.45, 2.75) is 18.7 Å². The Bertz CT molecular complexity index is 366. The Hall–Kier alpha value is -0.220. The summed E-state index contributed by atoms with van der Waals surface area (Å²) in [4.78, 5) is 0. The zero-order valence-electron chi connectivity index (χ0n) is 14.8. The van der Waals surface area contributed by atoms with E-state index in [9.17, 15) is 0 Å². The first-order valence-corrected chi connectivity index (χ1v) is 20.7. The molecule has 0 aliphatic heterocycles. The Morgan fingerprint density at radius 1 is 0.545 bits per heavy atom. The average Bonchev–Trinajstić information content (AvgIpc) is 2.58. The number of para-hydroxylation sites is 2. The van der Waals surface area contributed by atoms with Gasteiger partial charge in [-0.2, -0.15) is 0 Å². The Morgan fingerprint density at radius 2 is 0.773 bits per heavy atom. The Labute approximate surface area is 160 Å². The summed E-state index contributed by atoms with van der Waals surface area (Å²) in [5, 5.41) is 7.94. The van der Waals surface area contributed by atoms with Gasteiger partial charge in [0.25, 0.3) is 0 Å². The van der Waals surface area contributed by atoms with Crippen molar-refractivity contribution in [3.8, 4) is 0 Å². The first-order valence-electron chi connectivity index (χ1n) is 7.47. The molecule has 0 heterocycles. The molecule has 0 bridgehead atoms. The summed E-state index contributed by atoms with van der Waals surface area (Å²) >= 11 is 0.220. The van der Waals surface area contributed by atoms with E-state index in [0.29, 0.717) is 0 Å². The quantitative estimate of drug-likeness (QED) is 0.467. The standard InChI is InChI=1S/2C7H8N.4CH3.2In/c2*1-8-7-5-3-2-4-6-7;;;;;;/h2*2-6H,1H3;4*1H3;;/q2*-1;;;;;;. The first-order chi connectivity index (χ1) is 10.7. The summed E-state index contributed by atoms with van der Waals surface area (Å²) in [5.74, 6) is 0. The maximum absolute atomic E-state index is 3.97. The molecule has 0 unspecified atom stereocenters. The van der Waals surface area contributed by atoms with Crippen LogP contribution in [0.3, 0.4) is 0 Å². The molecule has 0 N–H and O–H groups in total. The van der Waals surface area contributed by atoms with Gasteiger partial charge < -0.3 is 10.6 Å². The molecule has 0 fully saturated rings. The van der Waals surface area contributed by atoms with Crippen molar-refractivity contribution in [3.05, 3.63) is 71.3 Å². The molecule has 2 radical (unpaired) electrons. The van der Waals surface area contributed by atoms with Crippen LogP contribution in [0.2, 0.25) is 18.7 Å². The van der Waals surface area contributed by atoms with Gasteiger partial charge in [0.15, 0.2) is 0 Å². The van der Waals surface area contributed by atoms with E-state index in [4.69, 9.17) is 0 Å². The van der Waals surface area contributed by atoms with Crippen LogP contribution in [0.4, 0.5) is 11.4 Å². The number of nitrogens with zero attached hydrogens (tertiary/aromatic N) is 2. The third-order valence-electron chi connectivity index (χ3n) is 2.03. The molecular weight excluding hydrogens is 474 g/mol. The van der Waals surface area contributed by atoms with E-state index in [1.165, 1.54) is 0 Å². The molecular formula is C18H28In2N2-2. The molecule has 2 aromatic carbocycles. The van der Waals surface area contributed by atoms with Gasteiger partial charge in [0.05, 0.1) is 0 Å². The molecule has 0 atom stereocenters. The Balaban J connectivity index is 0. The molecule has 0 amide bonds. The summed E-state index contributed by atoms with van der Waals surface area (Å²) in [6, 6.07) is 19.7. The van der Waals surface area contributed by atoms with Gasteiger partial charge in [0.2, 0.25) is 0 Å². The molecule has 22 heavy (non-hydrogen) atoms. The second kappa shape index (κ2) is 20.8. The summed E-state index contributed by atoms with van der Waals surface area (Å²) < 4.78 is 9.26. The summed E-state index contributed by atoms with van der Waals surface area (Å²) in [6.07, 6.45) is 0. The van der Waals surface area contributed by atoms with Crippen molar-refractivity contribution in [2.24, 2.45) is 0 Å². The zero-order valence-corrected chi connectivity index (χ0v) is 21.4. The van der Waals surface area contributed by atoms with Gasteiger partial charge in [-0.3, -0.25) is 0 Å². The van der Waals surface area contributed by atoms with Crippen LogP contribution in [0.1, 0.15) is 0 Å². The van der Waals surface area contributed by atoms with Gasteiger partial charge in [0.1, 0.15) is 0 Å². The van der Waals surface area contributed by atoms with Crippen molar-refractivity contribution in [3.63, 3.8) is 0 Å². The maximum atomic E-state index is 3.97. The van der Waals surface area contributed by atoms with E-state index in [0.717, 1.165) is 11.4 Å². The van der Waals surface area contributed by atoms with Crippen molar-refractivity contribution >= 4 is 57.2 Å². The molecule has 4 heteroatoms. The van der Waals surface area contributed by atoms with E-state index in [1.54, 1.807) is 14.1 Å². The van der Waals surface area contributed by atoms with Crippen molar-refractivity contribution in [1.82, 2.24) is 0 Å². The molecule has 0 aromatic heterocycles. The average molecular weight is 502 g/mol. The second-order valence-electron chi connectivity index (χ2n) is 4.27. The second-order valence-corrected chi connectivity index (χ2v) is 10.9. The van der Waals surface area contributed by atoms with Crippen LogP contribution < -0.4 is 0 Å². The van der Waals surface area contributed by atoms with Crippen LogP contribution in [0, 0.1) is 0 Å². The summed E-state index contributed by atoms with van der Waals surface area (Å²) in [7, 11) is 3.57. The van der Waals surface area contributed by atoms with Crippen LogP contribution >= 0.6 is 0 Å². The van der Waals surface area contributed by atoms with Crippen LogP contribution in [0.15, 0.2) is 60.7 Å². The van der Waals surface area contributed by atoms with E-state index in [-0.39, 0.29) is 45.8 Å². The van der Waals surface area contributed by atoms with Gasteiger partial charge in [0, 0.05) is 0 Å². The Kier molecular flexibility index (Phi) is 22.7. The fraction of sp³-hybridized carbons (Fsp3) is 0.333. The molecule has 0 spiro atoms. The van der Waals surface area contributed by atoms with E-state index in [2.05, 4.69) is 29.4 Å². The fourth-order valence-electron chi connectivity index (χ4n) is 1.15. The van der Waals surface area contributed by atoms with Crippen LogP contribution in [-0.2, 0) is 0 Å². The van der Waals surface area contributed by atoms with E-state index >= 15 is 0 Å². The van der Waals surface area contributed by atoms with Gasteiger partial charge in [-0.1, -0.05) is 60.7 Å². The van der Waals surface area contributed by atoms with Gasteiger partial charge in [-0.05, 0) is 0 Å². The van der Waals surface area contributed by atoms with E-state index in [1.807, 2.05) is 60.7 Å². The molecule has 0 aliphatic rings. The topological polar surface area (TPSA) is 28.2 Å². The van der Waals surface area contributed by atoms with Crippen LogP contribution in [0.25, 0.3) is 10.6 Å². The van der Waals surface area contributed by atoms with Gasteiger partial charge in [-0.15, -0.1) is 25.5 Å². The van der Waals surface area contributed by atoms with E-state index < -0.39 is 0 Å². The third-order valence-corrected chi connectivity index (χ3v) is 2.03. The SMILES string of the molecule is C[N-]c1ccccc1.C[N-]c1ccccc1.[CH3][In][CH3].[CH3][In][CH3]. The normalized spacial score (nSPS) is 7.55. The predicted molar refractivity (Wildman–Crippen MR) is 106 cm³/mol. The van der Waals surface area contributed by atoms with Crippen molar-refractivity contribution < 1.29 is 0 Å². The van der Waals surface area contributed by atoms with Gasteiger partial charge >= 0.3 is 64.5 Å². The number of benzene rings is 2. The minimum absolute atomic E-state index is 0.110. The van der Waals surface area contributed by atoms with Crippen LogP contribution in [-0.4, -0.2) is 59.9 Å². The minimum atomic E-state index is 0.110. The monoisotopic (exact) mass is 502 g/mol. The third kappa shape index (κ3) is 17.8. The van der Waals surface area contributed by atoms with Crippen molar-refractivity contribution in [1.29, 1.82) is 0 Å². The zero-order chi connectivity index (χ0) is 17.1. The predicted octanol–water partition coefficient (Wildman–Crippen LogP) is 6.22. The number of rotatable bonds is 2. The molecule has 0 saturated heterocycles. The first kappa shape index (κ1) is 24.0. The summed E-state index contributed by atoms with van der Waals surface area (Å²) in [6.45, 7) is 0. The van der Waals surface area contributed by atoms with Gasteiger partial charge in [-0.25, -0.2) is 0 Å². The van der Waals surface area contributed by atoms with Crippen LogP contribution in [0.5, 0.6) is 0 Å². The van der Waals surface area contributed by atoms with Crippen molar-refractivity contribution in [2.75, 3.05) is 14.1 Å². The fourth-order valence-corrected chi connectivity index (χ4v) is 1.15. The molecule has 118 valence electrons. The molecule has 0 saturated carbocycles. The molecule has 0 aliphatic carbocycles. The number of hydrogen-bond donors (Lipinski definition) is 0. The molecule has 2 nitrogen and oxygen atoms in total. The Morgan fingerprint density at radius 3 is 0.909 bits per heavy atom. The molecule has 2 rings (SSSR count). The molecule has 2 aromatic rings. The number of hydrogen-bond acceptors (Lipinski definition) is 0. The summed E-state index contributed by atoms with van der Waals surface area (Å²) in [5.41, 5.74) is 2.07.